The molecule has 0 amide bonds. The van der Waals surface area contributed by atoms with E-state index in [1.54, 1.807) is 0 Å². The first kappa shape index (κ1) is 23.1. The molecule has 0 heterocycles. The van der Waals surface area contributed by atoms with E-state index in [0.29, 0.717) is 0 Å². The summed E-state index contributed by atoms with van der Waals surface area (Å²) in [6.45, 7) is 0. The van der Waals surface area contributed by atoms with Gasteiger partial charge in [0.05, 0.1) is 0 Å². The molecule has 0 saturated heterocycles. The van der Waals surface area contributed by atoms with Crippen LogP contribution in [0.15, 0.2) is 115 Å². The van der Waals surface area contributed by atoms with E-state index in [1.165, 1.54) is 26.7 Å². The van der Waals surface area contributed by atoms with Crippen LogP contribution >= 0.6 is 26.5 Å². The molecule has 5 rings (SSSR count). The van der Waals surface area contributed by atoms with Crippen molar-refractivity contribution in [2.45, 2.75) is 6.42 Å². The van der Waals surface area contributed by atoms with Crippen molar-refractivity contribution in [3.8, 4) is 0 Å². The zero-order valence-electron chi connectivity index (χ0n) is 16.4. The summed E-state index contributed by atoms with van der Waals surface area (Å²) < 4.78 is 0. The maximum absolute atomic E-state index is 4.89. The quantitative estimate of drug-likeness (QED) is 0.167. The largest absolute Gasteiger partial charge is 0.160 e. The Balaban J connectivity index is 0.000000272. The van der Waals surface area contributed by atoms with E-state index in [1.807, 2.05) is 12.2 Å². The number of fused-ring (bicyclic) bond motifs is 1. The van der Waals surface area contributed by atoms with Gasteiger partial charge in [-0.05, 0) is 18.5 Å². The Hall–Kier alpha value is -1.53. The van der Waals surface area contributed by atoms with Gasteiger partial charge < -0.3 is 0 Å². The maximum atomic E-state index is 4.89. The monoisotopic (exact) mass is 482 g/mol. The van der Waals surface area contributed by atoms with E-state index >= 15 is 0 Å². The summed E-state index contributed by atoms with van der Waals surface area (Å²) in [6, 6.07) is 35.0. The molecule has 0 radical (unpaired) electrons. The molecule has 4 aromatic carbocycles. The molecule has 0 nitrogen and oxygen atoms in total. The fourth-order valence-corrected chi connectivity index (χ4v) is 5.58. The minimum absolute atomic E-state index is 0.493. The van der Waals surface area contributed by atoms with Crippen molar-refractivity contribution >= 4 is 53.2 Å². The second-order valence-corrected chi connectivity index (χ2v) is 11.2. The topological polar surface area (TPSA) is 0 Å². The Morgan fingerprint density at radius 2 is 1.37 bits per heavy atom. The van der Waals surface area contributed by atoms with E-state index < -0.39 is 25.0 Å². The van der Waals surface area contributed by atoms with Gasteiger partial charge in [0.1, 0.15) is 0 Å². The predicted octanol–water partition coefficient (Wildman–Crippen LogP) is 7.00. The molecule has 0 bridgehead atoms. The van der Waals surface area contributed by atoms with Gasteiger partial charge in [0.25, 0.3) is 0 Å². The molecule has 0 spiro atoms. The van der Waals surface area contributed by atoms with E-state index in [0.717, 1.165) is 6.42 Å². The van der Waals surface area contributed by atoms with Crippen molar-refractivity contribution < 1.29 is 17.0 Å². The van der Waals surface area contributed by atoms with Crippen molar-refractivity contribution in [2.75, 3.05) is 0 Å². The van der Waals surface area contributed by atoms with Gasteiger partial charge in [-0.2, -0.15) is 12.1 Å². The number of benzene rings is 3. The van der Waals surface area contributed by atoms with Gasteiger partial charge >= 0.3 is 35.6 Å². The second-order valence-electron chi connectivity index (χ2n) is 6.42. The molecular weight excluding hydrogens is 462 g/mol. The summed E-state index contributed by atoms with van der Waals surface area (Å²) in [7, 11) is 9.28. The average molecular weight is 483 g/mol. The van der Waals surface area contributed by atoms with Crippen LogP contribution < -0.4 is 15.9 Å². The third kappa shape index (κ3) is 6.74. The number of hydrogen-bond donors (Lipinski definition) is 0. The van der Waals surface area contributed by atoms with Crippen LogP contribution in [0.25, 0.3) is 10.8 Å². The first-order valence-corrected chi connectivity index (χ1v) is 15.2. The van der Waals surface area contributed by atoms with Crippen LogP contribution in [0.5, 0.6) is 0 Å². The molecule has 150 valence electrons. The van der Waals surface area contributed by atoms with Gasteiger partial charge in [-0.25, -0.2) is 12.2 Å². The number of allylic oxidation sites excluding steroid dienone is 4. The zero-order valence-corrected chi connectivity index (χ0v) is 20.3. The summed E-state index contributed by atoms with van der Waals surface area (Å²) in [5.74, 6) is 0. The molecule has 0 fully saturated rings. The molecule has 1 aliphatic rings. The van der Waals surface area contributed by atoms with E-state index in [4.69, 9.17) is 18.6 Å². The van der Waals surface area contributed by atoms with Crippen LogP contribution in [0, 0.1) is 6.08 Å². The first-order valence-electron chi connectivity index (χ1n) is 9.57. The Morgan fingerprint density at radius 1 is 0.800 bits per heavy atom. The van der Waals surface area contributed by atoms with Crippen LogP contribution in [-0.4, -0.2) is 0 Å². The molecule has 0 saturated carbocycles. The molecule has 4 aromatic rings. The van der Waals surface area contributed by atoms with Crippen molar-refractivity contribution in [1.29, 1.82) is 0 Å². The standard InChI is InChI=1S/C21H16P.C5H5.2ClH.Ti/c1-3-11-19(12-4-1)22(20-13-5-2-6-14-20)21-15-17-9-7-8-10-18(17)16-21;1-2-4-5-3-1;;;/h1-16H;1-3H,4H2;2*1H;/q2*-1;;;+2/p-2. The molecule has 30 heavy (non-hydrogen) atoms. The first-order chi connectivity index (χ1) is 14.8. The van der Waals surface area contributed by atoms with Crippen LogP contribution in [0.3, 0.4) is 0 Å². The minimum atomic E-state index is -0.556. The van der Waals surface area contributed by atoms with Crippen molar-refractivity contribution in [3.05, 3.63) is 121 Å². The fraction of sp³-hybridized carbons (Fsp3) is 0.0385. The van der Waals surface area contributed by atoms with Crippen molar-refractivity contribution in [1.82, 2.24) is 0 Å². The van der Waals surface area contributed by atoms with Gasteiger partial charge in [0.2, 0.25) is 0 Å². The van der Waals surface area contributed by atoms with Crippen LogP contribution in [-0.2, 0) is 17.0 Å². The van der Waals surface area contributed by atoms with E-state index in [2.05, 4.69) is 109 Å². The van der Waals surface area contributed by atoms with E-state index in [9.17, 15) is 0 Å². The number of rotatable bonds is 3. The maximum Gasteiger partial charge on any atom is -0.0166 e. The normalized spacial score (nSPS) is 11.6. The molecular formula is C26H21Cl2PTi-2. The van der Waals surface area contributed by atoms with Gasteiger partial charge in [-0.1, -0.05) is 66.7 Å². The summed E-state index contributed by atoms with van der Waals surface area (Å²) in [5, 5.41) is 6.89. The van der Waals surface area contributed by atoms with Crippen LogP contribution in [0.4, 0.5) is 0 Å². The number of hydrogen-bond acceptors (Lipinski definition) is 0. The minimum Gasteiger partial charge on any atom is -0.160 e. The summed E-state index contributed by atoms with van der Waals surface area (Å²) in [5.41, 5.74) is 0. The molecule has 0 unspecified atom stereocenters. The SMILES string of the molecule is [C-]1=CC=CC1.[Cl][Ti][Cl].c1ccc(P(c2ccccc2)c2cc3ccccc3[cH-]2)cc1. The molecule has 0 aliphatic heterocycles. The van der Waals surface area contributed by atoms with Gasteiger partial charge in [-0.3, -0.25) is 6.08 Å². The van der Waals surface area contributed by atoms with Crippen molar-refractivity contribution in [2.24, 2.45) is 0 Å². The average Bonchev–Trinajstić information content (AvgIpc) is 3.49. The van der Waals surface area contributed by atoms with Gasteiger partial charge in [-0.15, -0.1) is 46.8 Å². The smallest absolute Gasteiger partial charge is 0.0166 e. The predicted molar refractivity (Wildman–Crippen MR) is 132 cm³/mol. The summed E-state index contributed by atoms with van der Waals surface area (Å²) in [6.07, 6.45) is 10.0. The van der Waals surface area contributed by atoms with Gasteiger partial charge in [0.15, 0.2) is 0 Å². The Morgan fingerprint density at radius 3 is 1.83 bits per heavy atom. The second kappa shape index (κ2) is 13.0. The van der Waals surface area contributed by atoms with Crippen molar-refractivity contribution in [3.63, 3.8) is 0 Å². The molecule has 0 N–H and O–H groups in total. The third-order valence-corrected chi connectivity index (χ3v) is 6.88. The zero-order chi connectivity index (χ0) is 21.0. The summed E-state index contributed by atoms with van der Waals surface area (Å²) in [4.78, 5) is 0. The Labute approximate surface area is 197 Å². The van der Waals surface area contributed by atoms with E-state index in [-0.39, 0.29) is 0 Å². The Kier molecular flexibility index (Phi) is 10.0. The fourth-order valence-electron chi connectivity index (χ4n) is 3.20. The molecule has 0 atom stereocenters. The number of halogens is 2. The van der Waals surface area contributed by atoms with Gasteiger partial charge in [0, 0.05) is 0 Å². The molecule has 0 aromatic heterocycles. The Bertz CT molecular complexity index is 989. The molecule has 4 heteroatoms. The third-order valence-electron chi connectivity index (χ3n) is 4.48. The van der Waals surface area contributed by atoms with Crippen LogP contribution in [0.1, 0.15) is 6.42 Å². The molecule has 1 aliphatic carbocycles. The van der Waals surface area contributed by atoms with Crippen LogP contribution in [0.2, 0.25) is 0 Å². The summed E-state index contributed by atoms with van der Waals surface area (Å²) >= 11 is -0.556.